The lowest BCUT2D eigenvalue weighted by atomic mass is 10.0. The maximum atomic E-state index is 12.1. The first-order chi connectivity index (χ1) is 17.1. The van der Waals surface area contributed by atoms with E-state index < -0.39 is 0 Å². The highest BCUT2D eigenvalue weighted by molar-refractivity contribution is 5.97. The number of pyridine rings is 2. The molecule has 0 aromatic carbocycles. The average Bonchev–Trinajstić information content (AvgIpc) is 3.50. The number of aryl methyl sites for hydroxylation is 1. The summed E-state index contributed by atoms with van der Waals surface area (Å²) in [5, 5.41) is 11.8. The van der Waals surface area contributed by atoms with E-state index in [2.05, 4.69) is 37.5 Å². The molecule has 5 heterocycles. The number of nitrogens with one attached hydrogen (secondary N) is 1. The van der Waals surface area contributed by atoms with E-state index in [1.807, 2.05) is 66.7 Å². The van der Waals surface area contributed by atoms with Gasteiger partial charge in [0.05, 0.1) is 17.9 Å². The molecular formula is C25H29N9O. The first kappa shape index (κ1) is 22.6. The zero-order chi connectivity index (χ0) is 24.4. The van der Waals surface area contributed by atoms with Crippen LogP contribution >= 0.6 is 0 Å². The van der Waals surface area contributed by atoms with Gasteiger partial charge in [-0.1, -0.05) is 0 Å². The largest absolute Gasteiger partial charge is 0.353 e. The molecule has 1 N–H and O–H groups in total. The van der Waals surface area contributed by atoms with Crippen LogP contribution in [0, 0.1) is 0 Å². The number of rotatable bonds is 5. The van der Waals surface area contributed by atoms with Crippen molar-refractivity contribution in [1.82, 2.24) is 34.6 Å². The second kappa shape index (κ2) is 9.57. The fourth-order valence-electron chi connectivity index (χ4n) is 4.46. The van der Waals surface area contributed by atoms with Gasteiger partial charge >= 0.3 is 6.03 Å². The van der Waals surface area contributed by atoms with Gasteiger partial charge in [0.1, 0.15) is 5.82 Å². The highest BCUT2D eigenvalue weighted by atomic mass is 16.2. The van der Waals surface area contributed by atoms with E-state index in [4.69, 9.17) is 4.98 Å². The number of nitrogens with zero attached hydrogens (tertiary/aromatic N) is 8. The van der Waals surface area contributed by atoms with Crippen LogP contribution in [0.15, 0.2) is 54.2 Å². The molecule has 0 spiro atoms. The van der Waals surface area contributed by atoms with Crippen LogP contribution in [-0.4, -0.2) is 81.3 Å². The molecule has 2 amide bonds. The first-order valence-corrected chi connectivity index (χ1v) is 11.7. The number of urea groups is 1. The van der Waals surface area contributed by atoms with Crippen LogP contribution in [0.4, 0.5) is 10.6 Å². The van der Waals surface area contributed by atoms with Crippen LogP contribution in [0.1, 0.15) is 12.5 Å². The van der Waals surface area contributed by atoms with Gasteiger partial charge in [0, 0.05) is 99.4 Å². The molecule has 1 saturated heterocycles. The van der Waals surface area contributed by atoms with Crippen molar-refractivity contribution in [3.05, 3.63) is 54.7 Å². The van der Waals surface area contributed by atoms with Gasteiger partial charge < -0.3 is 15.1 Å². The zero-order valence-electron chi connectivity index (χ0n) is 20.2. The monoisotopic (exact) mass is 471 g/mol. The van der Waals surface area contributed by atoms with Gasteiger partial charge in [-0.15, -0.1) is 0 Å². The van der Waals surface area contributed by atoms with E-state index in [0.717, 1.165) is 52.2 Å². The minimum atomic E-state index is 0.000187. The van der Waals surface area contributed by atoms with Crippen LogP contribution in [0.2, 0.25) is 0 Å². The predicted octanol–water partition coefficient (Wildman–Crippen LogP) is 2.70. The number of carbonyl (C=O) groups excluding carboxylic acids is 1. The van der Waals surface area contributed by atoms with Gasteiger partial charge in [-0.05, 0) is 25.1 Å². The van der Waals surface area contributed by atoms with Crippen LogP contribution in [0.5, 0.6) is 0 Å². The van der Waals surface area contributed by atoms with Gasteiger partial charge in [-0.3, -0.25) is 9.67 Å². The number of hydrogen-bond acceptors (Lipinski definition) is 6. The van der Waals surface area contributed by atoms with Crippen LogP contribution in [-0.2, 0) is 7.05 Å². The lowest BCUT2D eigenvalue weighted by Gasteiger charge is -2.35. The molecular weight excluding hydrogens is 442 g/mol. The normalized spacial score (nSPS) is 14.3. The molecule has 0 bridgehead atoms. The Balaban J connectivity index is 1.46. The Bertz CT molecular complexity index is 1360. The van der Waals surface area contributed by atoms with E-state index in [1.165, 1.54) is 0 Å². The second-order valence-corrected chi connectivity index (χ2v) is 8.54. The highest BCUT2D eigenvalue weighted by Crippen LogP contribution is 2.32. The molecule has 35 heavy (non-hydrogen) atoms. The minimum absolute atomic E-state index is 0.000187. The van der Waals surface area contributed by atoms with Crippen molar-refractivity contribution in [2.45, 2.75) is 6.92 Å². The number of hydrogen-bond donors (Lipinski definition) is 1. The molecule has 0 atom stereocenters. The summed E-state index contributed by atoms with van der Waals surface area (Å²) < 4.78 is 3.68. The summed E-state index contributed by atoms with van der Waals surface area (Å²) >= 11 is 0. The molecule has 0 aliphatic carbocycles. The van der Waals surface area contributed by atoms with Crippen molar-refractivity contribution in [1.29, 1.82) is 0 Å². The summed E-state index contributed by atoms with van der Waals surface area (Å²) in [7, 11) is 3.67. The molecule has 4 aromatic rings. The number of piperazine rings is 1. The van der Waals surface area contributed by atoms with Crippen molar-refractivity contribution >= 4 is 23.6 Å². The van der Waals surface area contributed by atoms with Crippen molar-refractivity contribution in [2.24, 2.45) is 12.0 Å². The number of aromatic nitrogens is 5. The maximum absolute atomic E-state index is 12.1. The van der Waals surface area contributed by atoms with E-state index in [0.29, 0.717) is 19.6 Å². The number of fused-ring (bicyclic) bond motifs is 1. The lowest BCUT2D eigenvalue weighted by molar-refractivity contribution is 0.195. The third-order valence-corrected chi connectivity index (χ3v) is 6.22. The van der Waals surface area contributed by atoms with Gasteiger partial charge in [0.25, 0.3) is 0 Å². The molecule has 1 aliphatic heterocycles. The van der Waals surface area contributed by atoms with Crippen molar-refractivity contribution < 1.29 is 4.79 Å². The van der Waals surface area contributed by atoms with E-state index >= 15 is 0 Å². The SMILES string of the molecule is CCNC(=O)N1CCN(c2ccc(-c3cc(-c4cnn(C)c4)cn4ncc(C=NC)c34)cn2)CC1. The van der Waals surface area contributed by atoms with Crippen LogP contribution in [0.3, 0.4) is 0 Å². The summed E-state index contributed by atoms with van der Waals surface area (Å²) in [6, 6.07) is 6.30. The Morgan fingerprint density at radius 2 is 1.89 bits per heavy atom. The summed E-state index contributed by atoms with van der Waals surface area (Å²) in [6.45, 7) is 5.44. The molecule has 5 rings (SSSR count). The summed E-state index contributed by atoms with van der Waals surface area (Å²) in [5.41, 5.74) is 6.00. The molecule has 10 nitrogen and oxygen atoms in total. The van der Waals surface area contributed by atoms with E-state index in [9.17, 15) is 4.79 Å². The Morgan fingerprint density at radius 1 is 1.06 bits per heavy atom. The fraction of sp³-hybridized carbons (Fsp3) is 0.320. The van der Waals surface area contributed by atoms with Crippen molar-refractivity contribution in [3.8, 4) is 22.3 Å². The minimum Gasteiger partial charge on any atom is -0.353 e. The van der Waals surface area contributed by atoms with E-state index in [-0.39, 0.29) is 6.03 Å². The second-order valence-electron chi connectivity index (χ2n) is 8.54. The lowest BCUT2D eigenvalue weighted by Crippen LogP contribution is -2.52. The first-order valence-electron chi connectivity index (χ1n) is 11.7. The number of anilines is 1. The zero-order valence-corrected chi connectivity index (χ0v) is 20.2. The van der Waals surface area contributed by atoms with Gasteiger partial charge in [-0.2, -0.15) is 10.2 Å². The Hall–Kier alpha value is -4.21. The number of amides is 2. The number of aliphatic imine (C=N–C) groups is 1. The molecule has 10 heteroatoms. The molecule has 0 radical (unpaired) electrons. The number of carbonyl (C=O) groups is 1. The topological polar surface area (TPSA) is 96.0 Å². The molecule has 0 saturated carbocycles. The standard InChI is InChI=1S/C25H29N9O/c1-4-27-25(35)33-9-7-32(8-10-33)23-6-5-18(13-28-23)22-11-19(21-15-29-31(3)16-21)17-34-24(22)20(12-26-2)14-30-34/h5-6,11-17H,4,7-10H2,1-3H3,(H,27,35). The van der Waals surface area contributed by atoms with Crippen molar-refractivity contribution in [2.75, 3.05) is 44.7 Å². The Kier molecular flexibility index (Phi) is 6.17. The average molecular weight is 472 g/mol. The third kappa shape index (κ3) is 4.46. The van der Waals surface area contributed by atoms with Crippen molar-refractivity contribution in [3.63, 3.8) is 0 Å². The molecule has 0 unspecified atom stereocenters. The smallest absolute Gasteiger partial charge is 0.317 e. The summed E-state index contributed by atoms with van der Waals surface area (Å²) in [5.74, 6) is 0.910. The fourth-order valence-corrected chi connectivity index (χ4v) is 4.46. The maximum Gasteiger partial charge on any atom is 0.317 e. The van der Waals surface area contributed by atoms with Gasteiger partial charge in [0.15, 0.2) is 0 Å². The Morgan fingerprint density at radius 3 is 2.54 bits per heavy atom. The predicted molar refractivity (Wildman–Crippen MR) is 137 cm³/mol. The summed E-state index contributed by atoms with van der Waals surface area (Å²) in [6.07, 6.45) is 11.4. The van der Waals surface area contributed by atoms with Gasteiger partial charge in [-0.25, -0.2) is 14.3 Å². The Labute approximate surface area is 203 Å². The molecule has 4 aromatic heterocycles. The molecule has 1 fully saturated rings. The van der Waals surface area contributed by atoms with E-state index in [1.54, 1.807) is 11.7 Å². The molecule has 180 valence electrons. The third-order valence-electron chi connectivity index (χ3n) is 6.22. The van der Waals surface area contributed by atoms with Gasteiger partial charge in [0.2, 0.25) is 0 Å². The quantitative estimate of drug-likeness (QED) is 0.452. The van der Waals surface area contributed by atoms with Crippen LogP contribution < -0.4 is 10.2 Å². The summed E-state index contributed by atoms with van der Waals surface area (Å²) in [4.78, 5) is 25.2. The highest BCUT2D eigenvalue weighted by Gasteiger charge is 2.22. The van der Waals surface area contributed by atoms with Crippen LogP contribution in [0.25, 0.3) is 27.8 Å². The molecule has 1 aliphatic rings.